The van der Waals surface area contributed by atoms with Crippen molar-refractivity contribution in [2.45, 2.75) is 17.7 Å². The molecule has 2 amide bonds. The Labute approximate surface area is 206 Å². The molecule has 3 aromatic rings. The number of pyridine rings is 2. The van der Waals surface area contributed by atoms with Crippen LogP contribution in [0.5, 0.6) is 5.88 Å². The predicted molar refractivity (Wildman–Crippen MR) is 134 cm³/mol. The average Bonchev–Trinajstić information content (AvgIpc) is 2.88. The number of likely N-dealkylation sites (tertiary alicyclic amines) is 1. The quantitative estimate of drug-likeness (QED) is 0.506. The van der Waals surface area contributed by atoms with Gasteiger partial charge in [0.05, 0.1) is 36.3 Å². The van der Waals surface area contributed by atoms with E-state index in [9.17, 15) is 14.4 Å². The number of methoxy groups -OCH3 is 1. The van der Waals surface area contributed by atoms with E-state index in [1.165, 1.54) is 11.8 Å². The van der Waals surface area contributed by atoms with Crippen LogP contribution in [0.1, 0.15) is 23.2 Å². The van der Waals surface area contributed by atoms with Crippen LogP contribution in [0.2, 0.25) is 0 Å². The molecule has 1 aromatic carbocycles. The van der Waals surface area contributed by atoms with Crippen molar-refractivity contribution >= 4 is 51.8 Å². The van der Waals surface area contributed by atoms with Crippen LogP contribution in [-0.2, 0) is 9.59 Å². The molecule has 4 heterocycles. The number of ketones is 1. The van der Waals surface area contributed by atoms with Gasteiger partial charge in [-0.05, 0) is 50.2 Å². The number of nitrogens with zero attached hydrogens (tertiary/aromatic N) is 3. The monoisotopic (exact) mass is 491 g/mol. The zero-order valence-corrected chi connectivity index (χ0v) is 20.1. The second-order valence-corrected chi connectivity index (χ2v) is 9.61. The fourth-order valence-electron chi connectivity index (χ4n) is 4.36. The number of carbonyl (C=O) groups excluding carboxylic acids is 3. The maximum absolute atomic E-state index is 13.0. The summed E-state index contributed by atoms with van der Waals surface area (Å²) >= 11 is 1.47. The third kappa shape index (κ3) is 5.13. The molecule has 0 atom stereocenters. The van der Waals surface area contributed by atoms with Crippen LogP contribution in [-0.4, -0.2) is 65.0 Å². The standard InChI is InChI=1S/C25H25N5O4S/c1-34-23-5-3-17-24(29-23)18(6-9-26-17)28-25(33)15-7-10-30(11-8-15)13-20(31)16-2-4-21-19(12-16)27-22(32)14-35-21/h2-6,9,12,15H,7-8,10-11,13-14H2,1H3,(H,27,32)(H,26,28,33). The molecule has 1 saturated heterocycles. The Kier molecular flexibility index (Phi) is 6.65. The molecule has 2 aliphatic heterocycles. The molecular formula is C25H25N5O4S. The van der Waals surface area contributed by atoms with Crippen molar-refractivity contribution in [2.24, 2.45) is 5.92 Å². The van der Waals surface area contributed by atoms with E-state index in [0.717, 1.165) is 4.90 Å². The van der Waals surface area contributed by atoms with Crippen LogP contribution in [0.3, 0.4) is 0 Å². The van der Waals surface area contributed by atoms with E-state index >= 15 is 0 Å². The van der Waals surface area contributed by atoms with Crippen molar-refractivity contribution in [3.05, 3.63) is 48.2 Å². The molecule has 0 aliphatic carbocycles. The molecule has 2 aromatic heterocycles. The molecule has 0 unspecified atom stereocenters. The number of benzene rings is 1. The van der Waals surface area contributed by atoms with E-state index in [2.05, 4.69) is 25.5 Å². The number of carbonyl (C=O) groups is 3. The number of aromatic nitrogens is 2. The lowest BCUT2D eigenvalue weighted by Gasteiger charge is -2.30. The first kappa shape index (κ1) is 23.3. The Bertz CT molecular complexity index is 1310. The number of Topliss-reactive ketones (excluding diaryl/α,β-unsaturated/α-hetero) is 1. The summed E-state index contributed by atoms with van der Waals surface area (Å²) in [5.41, 5.74) is 3.15. The summed E-state index contributed by atoms with van der Waals surface area (Å²) in [6.07, 6.45) is 2.97. The second kappa shape index (κ2) is 10.0. The minimum absolute atomic E-state index is 0.00352. The van der Waals surface area contributed by atoms with Gasteiger partial charge in [0.2, 0.25) is 17.7 Å². The summed E-state index contributed by atoms with van der Waals surface area (Å²) in [5.74, 6) is 0.595. The van der Waals surface area contributed by atoms with Gasteiger partial charge < -0.3 is 15.4 Å². The minimum Gasteiger partial charge on any atom is -0.481 e. The lowest BCUT2D eigenvalue weighted by Crippen LogP contribution is -2.40. The van der Waals surface area contributed by atoms with Gasteiger partial charge in [0.15, 0.2) is 5.78 Å². The first-order valence-electron chi connectivity index (χ1n) is 11.4. The van der Waals surface area contributed by atoms with Crippen molar-refractivity contribution in [1.29, 1.82) is 0 Å². The zero-order chi connectivity index (χ0) is 24.4. The maximum atomic E-state index is 13.0. The van der Waals surface area contributed by atoms with Crippen LogP contribution < -0.4 is 15.4 Å². The Morgan fingerprint density at radius 2 is 2.03 bits per heavy atom. The highest BCUT2D eigenvalue weighted by molar-refractivity contribution is 8.00. The van der Waals surface area contributed by atoms with Crippen LogP contribution in [0.25, 0.3) is 11.0 Å². The highest BCUT2D eigenvalue weighted by Crippen LogP contribution is 2.32. The molecule has 2 N–H and O–H groups in total. The largest absolute Gasteiger partial charge is 0.481 e. The van der Waals surface area contributed by atoms with E-state index in [1.807, 2.05) is 18.2 Å². The van der Waals surface area contributed by atoms with E-state index in [-0.39, 0.29) is 30.1 Å². The summed E-state index contributed by atoms with van der Waals surface area (Å²) in [5, 5.41) is 5.83. The van der Waals surface area contributed by atoms with E-state index in [4.69, 9.17) is 4.74 Å². The normalized spacial score (nSPS) is 16.4. The van der Waals surface area contributed by atoms with Gasteiger partial charge in [0.1, 0.15) is 5.52 Å². The van der Waals surface area contributed by atoms with Crippen LogP contribution >= 0.6 is 11.8 Å². The van der Waals surface area contributed by atoms with Gasteiger partial charge >= 0.3 is 0 Å². The van der Waals surface area contributed by atoms with E-state index < -0.39 is 0 Å². The first-order valence-corrected chi connectivity index (χ1v) is 12.4. The number of amides is 2. The van der Waals surface area contributed by atoms with Gasteiger partial charge in [-0.15, -0.1) is 11.8 Å². The van der Waals surface area contributed by atoms with Gasteiger partial charge in [-0.3, -0.25) is 24.3 Å². The molecule has 0 radical (unpaired) electrons. The number of ether oxygens (including phenoxy) is 1. The number of hydrogen-bond donors (Lipinski definition) is 2. The lowest BCUT2D eigenvalue weighted by molar-refractivity contribution is -0.121. The molecule has 35 heavy (non-hydrogen) atoms. The van der Waals surface area contributed by atoms with E-state index in [1.54, 1.807) is 31.5 Å². The molecule has 180 valence electrons. The molecule has 0 spiro atoms. The number of fused-ring (bicyclic) bond motifs is 2. The first-order chi connectivity index (χ1) is 17.0. The maximum Gasteiger partial charge on any atom is 0.234 e. The minimum atomic E-state index is -0.147. The van der Waals surface area contributed by atoms with Gasteiger partial charge in [-0.25, -0.2) is 4.98 Å². The molecule has 0 bridgehead atoms. The summed E-state index contributed by atoms with van der Waals surface area (Å²) in [6.45, 7) is 1.60. The van der Waals surface area contributed by atoms with Crippen molar-refractivity contribution < 1.29 is 19.1 Å². The fourth-order valence-corrected chi connectivity index (χ4v) is 5.15. The Hall–Kier alpha value is -3.50. The second-order valence-electron chi connectivity index (χ2n) is 8.59. The van der Waals surface area contributed by atoms with Crippen molar-refractivity contribution in [1.82, 2.24) is 14.9 Å². The summed E-state index contributed by atoms with van der Waals surface area (Å²) in [4.78, 5) is 49.2. The molecule has 1 fully saturated rings. The summed E-state index contributed by atoms with van der Waals surface area (Å²) in [6, 6.07) is 10.7. The molecule has 2 aliphatic rings. The van der Waals surface area contributed by atoms with Crippen LogP contribution in [0.4, 0.5) is 11.4 Å². The SMILES string of the molecule is COc1ccc2nccc(NC(=O)C3CCN(CC(=O)c4ccc5c(c4)NC(=O)CS5)CC3)c2n1. The van der Waals surface area contributed by atoms with Crippen molar-refractivity contribution in [3.8, 4) is 5.88 Å². The molecule has 0 saturated carbocycles. The highest BCUT2D eigenvalue weighted by Gasteiger charge is 2.27. The number of rotatable bonds is 6. The van der Waals surface area contributed by atoms with Gasteiger partial charge in [-0.2, -0.15) is 0 Å². The molecule has 9 nitrogen and oxygen atoms in total. The summed E-state index contributed by atoms with van der Waals surface area (Å²) < 4.78 is 5.20. The number of nitrogens with one attached hydrogen (secondary N) is 2. The molecular weight excluding hydrogens is 466 g/mol. The number of anilines is 2. The van der Waals surface area contributed by atoms with Crippen molar-refractivity contribution in [2.75, 3.05) is 43.1 Å². The number of hydrogen-bond acceptors (Lipinski definition) is 8. The third-order valence-corrected chi connectivity index (χ3v) is 7.36. The smallest absolute Gasteiger partial charge is 0.234 e. The number of thioether (sulfide) groups is 1. The highest BCUT2D eigenvalue weighted by atomic mass is 32.2. The molecule has 10 heteroatoms. The fraction of sp³-hybridized carbons (Fsp3) is 0.320. The Morgan fingerprint density at radius 1 is 1.20 bits per heavy atom. The van der Waals surface area contributed by atoms with Gasteiger partial charge in [0, 0.05) is 28.6 Å². The molecule has 5 rings (SSSR count). The van der Waals surface area contributed by atoms with Crippen molar-refractivity contribution in [3.63, 3.8) is 0 Å². The Balaban J connectivity index is 1.18. The topological polar surface area (TPSA) is 114 Å². The Morgan fingerprint density at radius 3 is 2.83 bits per heavy atom. The predicted octanol–water partition coefficient (Wildman–Crippen LogP) is 3.22. The zero-order valence-electron chi connectivity index (χ0n) is 19.2. The number of piperidine rings is 1. The average molecular weight is 492 g/mol. The van der Waals surface area contributed by atoms with Crippen LogP contribution in [0, 0.1) is 5.92 Å². The van der Waals surface area contributed by atoms with Gasteiger partial charge in [-0.1, -0.05) is 6.07 Å². The summed E-state index contributed by atoms with van der Waals surface area (Å²) in [7, 11) is 1.55. The lowest BCUT2D eigenvalue weighted by atomic mass is 9.95. The third-order valence-electron chi connectivity index (χ3n) is 6.29. The van der Waals surface area contributed by atoms with Gasteiger partial charge in [0.25, 0.3) is 0 Å². The van der Waals surface area contributed by atoms with Crippen LogP contribution in [0.15, 0.2) is 47.5 Å². The van der Waals surface area contributed by atoms with E-state index in [0.29, 0.717) is 65.5 Å².